The predicted octanol–water partition coefficient (Wildman–Crippen LogP) is 2.31. The molecule has 0 radical (unpaired) electrons. The van der Waals surface area contributed by atoms with Crippen LogP contribution in [0, 0.1) is 11.8 Å². The van der Waals surface area contributed by atoms with Gasteiger partial charge in [-0.3, -0.25) is 9.59 Å². The van der Waals surface area contributed by atoms with Crippen LogP contribution in [0.25, 0.3) is 0 Å². The topological polar surface area (TPSA) is 76.7 Å². The quantitative estimate of drug-likeness (QED) is 0.698. The van der Waals surface area contributed by atoms with Crippen molar-refractivity contribution in [2.75, 3.05) is 20.8 Å². The molecule has 1 aliphatic carbocycles. The molecule has 3 rings (SSSR count). The highest BCUT2D eigenvalue weighted by atomic mass is 16.5. The number of hydrogen-bond acceptors (Lipinski definition) is 4. The maximum Gasteiger partial charge on any atom is 0.224 e. The lowest BCUT2D eigenvalue weighted by Crippen LogP contribution is -2.31. The number of nitrogens with one attached hydrogen (secondary N) is 2. The standard InChI is InChI=1S/C22H26N2O4/c1-27-17-7-3-15(4-8-17)11-12-23-21(25)19-13-20(19)22(26)24-14-16-5-9-18(28-2)10-6-16/h3-10,19-20H,11-14H2,1-2H3,(H,23,25)(H,24,26). The van der Waals surface area contributed by atoms with Gasteiger partial charge in [-0.2, -0.15) is 0 Å². The molecule has 0 aliphatic heterocycles. The maximum atomic E-state index is 12.2. The number of methoxy groups -OCH3 is 2. The van der Waals surface area contributed by atoms with Gasteiger partial charge in [-0.15, -0.1) is 0 Å². The molecule has 2 aromatic rings. The fourth-order valence-corrected chi connectivity index (χ4v) is 3.09. The molecular weight excluding hydrogens is 356 g/mol. The lowest BCUT2D eigenvalue weighted by Gasteiger charge is -2.07. The summed E-state index contributed by atoms with van der Waals surface area (Å²) in [6, 6.07) is 15.3. The highest BCUT2D eigenvalue weighted by molar-refractivity contribution is 5.92. The van der Waals surface area contributed by atoms with Crippen molar-refractivity contribution >= 4 is 11.8 Å². The van der Waals surface area contributed by atoms with Crippen molar-refractivity contribution in [2.45, 2.75) is 19.4 Å². The van der Waals surface area contributed by atoms with Gasteiger partial charge in [0.05, 0.1) is 26.1 Å². The van der Waals surface area contributed by atoms with Gasteiger partial charge >= 0.3 is 0 Å². The van der Waals surface area contributed by atoms with Gasteiger partial charge in [0.1, 0.15) is 11.5 Å². The Bertz CT molecular complexity index is 802. The van der Waals surface area contributed by atoms with Crippen molar-refractivity contribution in [1.29, 1.82) is 0 Å². The lowest BCUT2D eigenvalue weighted by molar-refractivity contribution is -0.127. The van der Waals surface area contributed by atoms with Crippen molar-refractivity contribution in [1.82, 2.24) is 10.6 Å². The van der Waals surface area contributed by atoms with Crippen LogP contribution in [0.3, 0.4) is 0 Å². The summed E-state index contributed by atoms with van der Waals surface area (Å²) < 4.78 is 10.2. The molecule has 1 saturated carbocycles. The Morgan fingerprint density at radius 1 is 0.821 bits per heavy atom. The van der Waals surface area contributed by atoms with Crippen LogP contribution in [0.1, 0.15) is 17.5 Å². The molecule has 1 fully saturated rings. The van der Waals surface area contributed by atoms with Gasteiger partial charge in [-0.05, 0) is 48.2 Å². The van der Waals surface area contributed by atoms with Gasteiger partial charge in [-0.25, -0.2) is 0 Å². The van der Waals surface area contributed by atoms with Gasteiger partial charge in [0.2, 0.25) is 11.8 Å². The minimum absolute atomic E-state index is 0.0434. The van der Waals surface area contributed by atoms with Gasteiger partial charge in [0, 0.05) is 13.1 Å². The summed E-state index contributed by atoms with van der Waals surface area (Å²) in [5.74, 6) is 1.05. The van der Waals surface area contributed by atoms with E-state index in [1.165, 1.54) is 0 Å². The number of carbonyl (C=O) groups is 2. The van der Waals surface area contributed by atoms with Crippen molar-refractivity contribution in [3.05, 3.63) is 59.7 Å². The fraction of sp³-hybridized carbons (Fsp3) is 0.364. The van der Waals surface area contributed by atoms with E-state index < -0.39 is 0 Å². The van der Waals surface area contributed by atoms with Gasteiger partial charge < -0.3 is 20.1 Å². The summed E-state index contributed by atoms with van der Waals surface area (Å²) >= 11 is 0. The molecule has 2 unspecified atom stereocenters. The second kappa shape index (κ2) is 9.26. The lowest BCUT2D eigenvalue weighted by atomic mass is 10.1. The Kier molecular flexibility index (Phi) is 6.53. The molecule has 1 aliphatic rings. The Morgan fingerprint density at radius 3 is 1.86 bits per heavy atom. The minimum atomic E-state index is -0.223. The number of rotatable bonds is 9. The summed E-state index contributed by atoms with van der Waals surface area (Å²) in [6.45, 7) is 1.01. The molecule has 28 heavy (non-hydrogen) atoms. The summed E-state index contributed by atoms with van der Waals surface area (Å²) in [5, 5.41) is 5.83. The summed E-state index contributed by atoms with van der Waals surface area (Å²) in [6.07, 6.45) is 1.36. The molecule has 6 nitrogen and oxygen atoms in total. The summed E-state index contributed by atoms with van der Waals surface area (Å²) in [5.41, 5.74) is 2.13. The van der Waals surface area contributed by atoms with Gasteiger partial charge in [0.25, 0.3) is 0 Å². The van der Waals surface area contributed by atoms with E-state index in [1.807, 2.05) is 48.5 Å². The summed E-state index contributed by atoms with van der Waals surface area (Å²) in [7, 11) is 3.25. The van der Waals surface area contributed by atoms with Crippen LogP contribution in [0.2, 0.25) is 0 Å². The molecule has 2 amide bonds. The van der Waals surface area contributed by atoms with Gasteiger partial charge in [-0.1, -0.05) is 24.3 Å². The molecule has 0 bridgehead atoms. The van der Waals surface area contributed by atoms with Crippen LogP contribution in [0.4, 0.5) is 0 Å². The molecule has 0 spiro atoms. The van der Waals surface area contributed by atoms with Crippen LogP contribution in [0.15, 0.2) is 48.5 Å². The molecule has 0 aromatic heterocycles. The average Bonchev–Trinajstić information content (AvgIpc) is 3.54. The van der Waals surface area contributed by atoms with Crippen molar-refractivity contribution in [2.24, 2.45) is 11.8 Å². The smallest absolute Gasteiger partial charge is 0.224 e. The van der Waals surface area contributed by atoms with Crippen molar-refractivity contribution < 1.29 is 19.1 Å². The first kappa shape index (κ1) is 19.7. The summed E-state index contributed by atoms with van der Waals surface area (Å²) in [4.78, 5) is 24.5. The molecule has 2 N–H and O–H groups in total. The van der Waals surface area contributed by atoms with E-state index >= 15 is 0 Å². The molecule has 148 valence electrons. The fourth-order valence-electron chi connectivity index (χ4n) is 3.09. The molecule has 2 aromatic carbocycles. The largest absolute Gasteiger partial charge is 0.497 e. The Morgan fingerprint density at radius 2 is 1.32 bits per heavy atom. The van der Waals surface area contributed by atoms with E-state index in [9.17, 15) is 9.59 Å². The average molecular weight is 382 g/mol. The first-order valence-corrected chi connectivity index (χ1v) is 9.42. The van der Waals surface area contributed by atoms with Crippen molar-refractivity contribution in [3.8, 4) is 11.5 Å². The van der Waals surface area contributed by atoms with Crippen LogP contribution in [-0.4, -0.2) is 32.6 Å². The third-order valence-electron chi connectivity index (χ3n) is 4.96. The van der Waals surface area contributed by atoms with E-state index in [-0.39, 0.29) is 23.7 Å². The van der Waals surface area contributed by atoms with E-state index in [0.29, 0.717) is 19.5 Å². The zero-order valence-electron chi connectivity index (χ0n) is 16.2. The number of amides is 2. The second-order valence-corrected chi connectivity index (χ2v) is 6.90. The van der Waals surface area contributed by atoms with Gasteiger partial charge in [0.15, 0.2) is 0 Å². The van der Waals surface area contributed by atoms with Crippen molar-refractivity contribution in [3.63, 3.8) is 0 Å². The van der Waals surface area contributed by atoms with E-state index in [0.717, 1.165) is 29.0 Å². The Balaban J connectivity index is 1.36. The predicted molar refractivity (Wildman–Crippen MR) is 106 cm³/mol. The normalized spacial score (nSPS) is 17.5. The van der Waals surface area contributed by atoms with Crippen LogP contribution < -0.4 is 20.1 Å². The maximum absolute atomic E-state index is 12.2. The molecule has 2 atom stereocenters. The number of benzene rings is 2. The first-order chi connectivity index (χ1) is 13.6. The number of ether oxygens (including phenoxy) is 2. The third kappa shape index (κ3) is 5.25. The van der Waals surface area contributed by atoms with Crippen LogP contribution in [0.5, 0.6) is 11.5 Å². The van der Waals surface area contributed by atoms with Crippen LogP contribution in [-0.2, 0) is 22.6 Å². The monoisotopic (exact) mass is 382 g/mol. The van der Waals surface area contributed by atoms with Crippen LogP contribution >= 0.6 is 0 Å². The highest BCUT2D eigenvalue weighted by Crippen LogP contribution is 2.38. The third-order valence-corrected chi connectivity index (χ3v) is 4.96. The molecular formula is C22H26N2O4. The van der Waals surface area contributed by atoms with E-state index in [1.54, 1.807) is 14.2 Å². The highest BCUT2D eigenvalue weighted by Gasteiger charge is 2.47. The Labute approximate surface area is 165 Å². The zero-order valence-corrected chi connectivity index (χ0v) is 16.2. The molecule has 0 saturated heterocycles. The minimum Gasteiger partial charge on any atom is -0.497 e. The number of carbonyl (C=O) groups excluding carboxylic acids is 2. The van der Waals surface area contributed by atoms with E-state index in [2.05, 4.69) is 10.6 Å². The SMILES string of the molecule is COc1ccc(CCNC(=O)C2CC2C(=O)NCc2ccc(OC)cc2)cc1. The first-order valence-electron chi connectivity index (χ1n) is 9.42. The number of hydrogen-bond donors (Lipinski definition) is 2. The Hall–Kier alpha value is -3.02. The molecule has 6 heteroatoms. The molecule has 0 heterocycles. The second-order valence-electron chi connectivity index (χ2n) is 6.90. The zero-order chi connectivity index (χ0) is 19.9. The van der Waals surface area contributed by atoms with E-state index in [4.69, 9.17) is 9.47 Å².